The summed E-state index contributed by atoms with van der Waals surface area (Å²) in [6.45, 7) is 3.90. The van der Waals surface area contributed by atoms with Gasteiger partial charge in [-0.25, -0.2) is 5.43 Å². The molecule has 0 saturated heterocycles. The zero-order valence-corrected chi connectivity index (χ0v) is 13.2. The highest BCUT2D eigenvalue weighted by Gasteiger charge is 2.12. The van der Waals surface area contributed by atoms with Crippen molar-refractivity contribution in [2.24, 2.45) is 5.10 Å². The topological polar surface area (TPSA) is 70.6 Å². The van der Waals surface area contributed by atoms with Gasteiger partial charge < -0.3 is 5.32 Å². The molecule has 5 nitrogen and oxygen atoms in total. The summed E-state index contributed by atoms with van der Waals surface area (Å²) in [6.07, 6.45) is 2.88. The minimum Gasteiger partial charge on any atom is -0.318 e. The highest BCUT2D eigenvalue weighted by Crippen LogP contribution is 2.13. The van der Waals surface area contributed by atoms with Gasteiger partial charge in [-0.05, 0) is 44.0 Å². The van der Waals surface area contributed by atoms with Gasteiger partial charge in [-0.1, -0.05) is 29.3 Å². The van der Waals surface area contributed by atoms with Crippen LogP contribution in [0, 0.1) is 0 Å². The Bertz CT molecular complexity index is 498. The van der Waals surface area contributed by atoms with Gasteiger partial charge in [0, 0.05) is 15.9 Å². The maximum absolute atomic E-state index is 11.6. The van der Waals surface area contributed by atoms with Crippen molar-refractivity contribution in [1.29, 1.82) is 0 Å². The molecule has 0 unspecified atom stereocenters. The Labute approximate surface area is 127 Å². The Morgan fingerprint density at radius 3 is 2.45 bits per heavy atom. The largest absolute Gasteiger partial charge is 0.329 e. The van der Waals surface area contributed by atoms with Crippen molar-refractivity contribution in [2.75, 3.05) is 5.32 Å². The minimum absolute atomic E-state index is 0.556. The number of rotatable bonds is 5. The first-order chi connectivity index (χ1) is 9.52. The average molecular weight is 340 g/mol. The predicted molar refractivity (Wildman–Crippen MR) is 83.5 cm³/mol. The summed E-state index contributed by atoms with van der Waals surface area (Å²) in [5.74, 6) is -1.51. The fourth-order valence-electron chi connectivity index (χ4n) is 1.41. The van der Waals surface area contributed by atoms with Crippen molar-refractivity contribution in [3.8, 4) is 0 Å². The molecular formula is C14H18BrN3O2. The van der Waals surface area contributed by atoms with Gasteiger partial charge in [0.15, 0.2) is 0 Å². The van der Waals surface area contributed by atoms with Crippen LogP contribution in [0.2, 0.25) is 0 Å². The summed E-state index contributed by atoms with van der Waals surface area (Å²) in [5, 5.41) is 6.38. The third kappa shape index (κ3) is 5.97. The van der Waals surface area contributed by atoms with E-state index in [9.17, 15) is 9.59 Å². The smallest absolute Gasteiger partial charge is 0.318 e. The molecule has 20 heavy (non-hydrogen) atoms. The third-order valence-corrected chi connectivity index (χ3v) is 3.08. The van der Waals surface area contributed by atoms with Crippen molar-refractivity contribution in [1.82, 2.24) is 5.43 Å². The van der Waals surface area contributed by atoms with Crippen LogP contribution in [0.25, 0.3) is 0 Å². The highest BCUT2D eigenvalue weighted by atomic mass is 79.9. The van der Waals surface area contributed by atoms with Gasteiger partial charge in [-0.15, -0.1) is 0 Å². The van der Waals surface area contributed by atoms with Crippen molar-refractivity contribution in [3.05, 3.63) is 28.7 Å². The molecule has 0 fully saturated rings. The summed E-state index contributed by atoms with van der Waals surface area (Å²) < 4.78 is 0.899. The minimum atomic E-state index is -0.774. The molecule has 0 aliphatic rings. The molecule has 0 atom stereocenters. The number of unbranched alkanes of at least 4 members (excludes halogenated alkanes) is 1. The number of anilines is 1. The van der Waals surface area contributed by atoms with Crippen LogP contribution in [0.3, 0.4) is 0 Å². The molecule has 6 heteroatoms. The number of hydrogen-bond donors (Lipinski definition) is 2. The molecule has 108 valence electrons. The molecule has 1 aromatic carbocycles. The fraction of sp³-hybridized carbons (Fsp3) is 0.357. The monoisotopic (exact) mass is 339 g/mol. The normalized spacial score (nSPS) is 11.1. The molecule has 2 amide bonds. The van der Waals surface area contributed by atoms with E-state index in [0.29, 0.717) is 5.69 Å². The summed E-state index contributed by atoms with van der Waals surface area (Å²) in [6, 6.07) is 6.96. The third-order valence-electron chi connectivity index (χ3n) is 2.55. The van der Waals surface area contributed by atoms with Crippen LogP contribution >= 0.6 is 15.9 Å². The van der Waals surface area contributed by atoms with Crippen LogP contribution in [0.5, 0.6) is 0 Å². The second kappa shape index (κ2) is 8.47. The van der Waals surface area contributed by atoms with Gasteiger partial charge in [0.2, 0.25) is 0 Å². The summed E-state index contributed by atoms with van der Waals surface area (Å²) in [4.78, 5) is 23.2. The number of benzene rings is 1. The second-order valence-electron chi connectivity index (χ2n) is 4.35. The number of carbonyl (C=O) groups excluding carboxylic acids is 2. The van der Waals surface area contributed by atoms with Gasteiger partial charge in [0.1, 0.15) is 0 Å². The number of hydrogen-bond acceptors (Lipinski definition) is 3. The van der Waals surface area contributed by atoms with Gasteiger partial charge >= 0.3 is 11.8 Å². The van der Waals surface area contributed by atoms with E-state index in [0.717, 1.165) is 29.4 Å². The molecule has 0 heterocycles. The zero-order valence-electron chi connectivity index (χ0n) is 11.6. The predicted octanol–water partition coefficient (Wildman–Crippen LogP) is 3.07. The van der Waals surface area contributed by atoms with Crippen LogP contribution in [0.15, 0.2) is 33.8 Å². The van der Waals surface area contributed by atoms with E-state index >= 15 is 0 Å². The van der Waals surface area contributed by atoms with Crippen LogP contribution < -0.4 is 10.7 Å². The first kappa shape index (κ1) is 16.4. The van der Waals surface area contributed by atoms with E-state index in [4.69, 9.17) is 0 Å². The van der Waals surface area contributed by atoms with Crippen LogP contribution in [0.1, 0.15) is 33.1 Å². The van der Waals surface area contributed by atoms with Gasteiger partial charge in [-0.2, -0.15) is 5.10 Å². The van der Waals surface area contributed by atoms with E-state index in [1.165, 1.54) is 0 Å². The molecule has 0 bridgehead atoms. The molecule has 0 aromatic heterocycles. The number of halogens is 1. The molecule has 1 rings (SSSR count). The molecule has 0 spiro atoms. The fourth-order valence-corrected chi connectivity index (χ4v) is 1.67. The number of nitrogens with one attached hydrogen (secondary N) is 2. The van der Waals surface area contributed by atoms with Crippen LogP contribution in [-0.4, -0.2) is 17.5 Å². The molecule has 0 aliphatic heterocycles. The van der Waals surface area contributed by atoms with Crippen molar-refractivity contribution in [2.45, 2.75) is 33.1 Å². The van der Waals surface area contributed by atoms with Crippen molar-refractivity contribution in [3.63, 3.8) is 0 Å². The Morgan fingerprint density at radius 1 is 1.20 bits per heavy atom. The van der Waals surface area contributed by atoms with Crippen LogP contribution in [0.4, 0.5) is 5.69 Å². The molecule has 0 aliphatic carbocycles. The van der Waals surface area contributed by atoms with Gasteiger partial charge in [0.05, 0.1) is 0 Å². The lowest BCUT2D eigenvalue weighted by Gasteiger charge is -2.04. The average Bonchev–Trinajstić information content (AvgIpc) is 2.44. The van der Waals surface area contributed by atoms with Gasteiger partial charge in [-0.3, -0.25) is 9.59 Å². The number of nitrogens with zero attached hydrogens (tertiary/aromatic N) is 1. The number of hydrazone groups is 1. The van der Waals surface area contributed by atoms with E-state index in [2.05, 4.69) is 38.7 Å². The Kier molecular flexibility index (Phi) is 6.93. The molecule has 2 N–H and O–H groups in total. The summed E-state index contributed by atoms with van der Waals surface area (Å²) in [7, 11) is 0. The summed E-state index contributed by atoms with van der Waals surface area (Å²) >= 11 is 3.29. The summed E-state index contributed by atoms with van der Waals surface area (Å²) in [5.41, 5.74) is 3.61. The molecule has 0 saturated carbocycles. The van der Waals surface area contributed by atoms with Crippen molar-refractivity contribution >= 4 is 39.1 Å². The SMILES string of the molecule is CCCC/C(C)=N/NC(=O)C(=O)Nc1ccc(Br)cc1. The maximum atomic E-state index is 11.6. The maximum Gasteiger partial charge on any atom is 0.329 e. The number of carbonyl (C=O) groups is 2. The van der Waals surface area contributed by atoms with E-state index in [-0.39, 0.29) is 0 Å². The first-order valence-electron chi connectivity index (χ1n) is 6.43. The van der Waals surface area contributed by atoms with E-state index in [1.807, 2.05) is 6.92 Å². The lowest BCUT2D eigenvalue weighted by atomic mass is 10.2. The van der Waals surface area contributed by atoms with E-state index in [1.54, 1.807) is 24.3 Å². The van der Waals surface area contributed by atoms with Gasteiger partial charge in [0.25, 0.3) is 0 Å². The molecule has 1 aromatic rings. The molecular weight excluding hydrogens is 322 g/mol. The first-order valence-corrected chi connectivity index (χ1v) is 7.22. The van der Waals surface area contributed by atoms with Crippen LogP contribution in [-0.2, 0) is 9.59 Å². The zero-order chi connectivity index (χ0) is 15.0. The van der Waals surface area contributed by atoms with E-state index < -0.39 is 11.8 Å². The quantitative estimate of drug-likeness (QED) is 0.491. The standard InChI is InChI=1S/C14H18BrN3O2/c1-3-4-5-10(2)17-18-14(20)13(19)16-12-8-6-11(15)7-9-12/h6-9H,3-5H2,1-2H3,(H,16,19)(H,18,20)/b17-10+. The highest BCUT2D eigenvalue weighted by molar-refractivity contribution is 9.10. The second-order valence-corrected chi connectivity index (χ2v) is 5.27. The molecule has 0 radical (unpaired) electrons. The lowest BCUT2D eigenvalue weighted by molar-refractivity contribution is -0.136. The lowest BCUT2D eigenvalue weighted by Crippen LogP contribution is -2.32. The number of amides is 2. The Balaban J connectivity index is 2.47. The van der Waals surface area contributed by atoms with Crippen molar-refractivity contribution < 1.29 is 9.59 Å². The Morgan fingerprint density at radius 2 is 1.85 bits per heavy atom. The Hall–Kier alpha value is -1.69.